The number of esters is 1. The largest absolute Gasteiger partial charge is 0.466 e. The van der Waals surface area contributed by atoms with E-state index in [1.165, 1.54) is 23.2 Å². The van der Waals surface area contributed by atoms with Gasteiger partial charge in [-0.3, -0.25) is 4.79 Å². The van der Waals surface area contributed by atoms with Gasteiger partial charge in [-0.15, -0.1) is 6.58 Å². The molecule has 0 aromatic heterocycles. The summed E-state index contributed by atoms with van der Waals surface area (Å²) in [6.07, 6.45) is 8.63. The number of anilines is 1. The van der Waals surface area contributed by atoms with Crippen molar-refractivity contribution in [3.63, 3.8) is 0 Å². The van der Waals surface area contributed by atoms with Crippen LogP contribution in [0.4, 0.5) is 5.69 Å². The molecule has 0 spiro atoms. The highest BCUT2D eigenvalue weighted by Crippen LogP contribution is 2.40. The number of nitrogens with one attached hydrogen (secondary N) is 1. The molecule has 1 aromatic rings. The van der Waals surface area contributed by atoms with Crippen LogP contribution in [0.1, 0.15) is 62.6 Å². The standard InChI is InChI=1S/C22H31N3O2/c1-3-5-6-15-25(16-9-14-20(26)27-4-2)22-23-18-12-7-10-17-11-8-13-19(24-22)21(17)18/h3,7,10,12,19H,1,4-6,8-9,11,13-16H2,2H3,(H,23,24). The van der Waals surface area contributed by atoms with E-state index in [-0.39, 0.29) is 12.0 Å². The fraction of sp³-hybridized carbons (Fsp3) is 0.545. The van der Waals surface area contributed by atoms with Gasteiger partial charge in [-0.25, -0.2) is 4.99 Å². The highest BCUT2D eigenvalue weighted by atomic mass is 16.5. The van der Waals surface area contributed by atoms with Gasteiger partial charge in [0.25, 0.3) is 0 Å². The molecular formula is C22H31N3O2. The van der Waals surface area contributed by atoms with Gasteiger partial charge in [-0.2, -0.15) is 0 Å². The summed E-state index contributed by atoms with van der Waals surface area (Å²) < 4.78 is 5.05. The van der Waals surface area contributed by atoms with E-state index in [1.807, 2.05) is 13.0 Å². The summed E-state index contributed by atoms with van der Waals surface area (Å²) in [6, 6.07) is 6.78. The molecule has 1 atom stereocenters. The Morgan fingerprint density at radius 2 is 2.26 bits per heavy atom. The lowest BCUT2D eigenvalue weighted by atomic mass is 9.86. The number of aryl methyl sites for hydroxylation is 1. The van der Waals surface area contributed by atoms with E-state index < -0.39 is 0 Å². The van der Waals surface area contributed by atoms with Crippen molar-refractivity contribution in [2.45, 2.75) is 57.9 Å². The zero-order chi connectivity index (χ0) is 19.1. The summed E-state index contributed by atoms with van der Waals surface area (Å²) in [6.45, 7) is 7.81. The lowest BCUT2D eigenvalue weighted by Gasteiger charge is -2.35. The van der Waals surface area contributed by atoms with E-state index in [0.29, 0.717) is 13.0 Å². The van der Waals surface area contributed by atoms with E-state index in [0.717, 1.165) is 51.2 Å². The molecule has 1 aliphatic carbocycles. The van der Waals surface area contributed by atoms with Gasteiger partial charge in [0.2, 0.25) is 0 Å². The van der Waals surface area contributed by atoms with Crippen molar-refractivity contribution in [3.8, 4) is 0 Å². The molecular weight excluding hydrogens is 338 g/mol. The molecule has 1 aromatic carbocycles. The van der Waals surface area contributed by atoms with E-state index in [2.05, 4.69) is 35.0 Å². The molecule has 0 saturated carbocycles. The number of rotatable bonds is 9. The van der Waals surface area contributed by atoms with Crippen molar-refractivity contribution in [2.75, 3.05) is 25.0 Å². The van der Waals surface area contributed by atoms with Gasteiger partial charge in [-0.05, 0) is 57.1 Å². The average Bonchev–Trinajstić information content (AvgIpc) is 2.67. The Bertz CT molecular complexity index is 699. The van der Waals surface area contributed by atoms with Crippen LogP contribution in [0.25, 0.3) is 0 Å². The molecule has 27 heavy (non-hydrogen) atoms. The van der Waals surface area contributed by atoms with Crippen molar-refractivity contribution >= 4 is 17.6 Å². The lowest BCUT2D eigenvalue weighted by Crippen LogP contribution is -2.40. The van der Waals surface area contributed by atoms with Crippen molar-refractivity contribution < 1.29 is 9.53 Å². The molecule has 0 radical (unpaired) electrons. The molecule has 1 N–H and O–H groups in total. The molecule has 5 heteroatoms. The third-order valence-corrected chi connectivity index (χ3v) is 5.23. The van der Waals surface area contributed by atoms with Crippen molar-refractivity contribution in [1.29, 1.82) is 0 Å². The Morgan fingerprint density at radius 3 is 3.07 bits per heavy atom. The Hall–Kier alpha value is -2.30. The molecule has 1 unspecified atom stereocenters. The Morgan fingerprint density at radius 1 is 1.41 bits per heavy atom. The van der Waals surface area contributed by atoms with E-state index in [1.54, 1.807) is 0 Å². The second-order valence-electron chi connectivity index (χ2n) is 7.19. The molecule has 3 rings (SSSR count). The molecule has 0 amide bonds. The van der Waals surface area contributed by atoms with Gasteiger partial charge >= 0.3 is 5.97 Å². The summed E-state index contributed by atoms with van der Waals surface area (Å²) in [5.41, 5.74) is 4.01. The number of ether oxygens (including phenoxy) is 1. The average molecular weight is 370 g/mol. The van der Waals surface area contributed by atoms with Crippen LogP contribution in [-0.4, -0.2) is 36.5 Å². The van der Waals surface area contributed by atoms with Gasteiger partial charge < -0.3 is 15.0 Å². The smallest absolute Gasteiger partial charge is 0.305 e. The number of carbonyl (C=O) groups excluding carboxylic acids is 1. The fourth-order valence-corrected chi connectivity index (χ4v) is 3.95. The minimum atomic E-state index is -0.121. The van der Waals surface area contributed by atoms with Gasteiger partial charge in [-0.1, -0.05) is 18.2 Å². The molecule has 5 nitrogen and oxygen atoms in total. The highest BCUT2D eigenvalue weighted by Gasteiger charge is 2.28. The topological polar surface area (TPSA) is 53.9 Å². The van der Waals surface area contributed by atoms with Crippen LogP contribution < -0.4 is 5.32 Å². The third kappa shape index (κ3) is 4.90. The molecule has 0 bridgehead atoms. The van der Waals surface area contributed by atoms with Crippen LogP contribution in [-0.2, 0) is 16.0 Å². The summed E-state index contributed by atoms with van der Waals surface area (Å²) in [5.74, 6) is 0.823. The number of aliphatic imine (C=N–C) groups is 1. The summed E-state index contributed by atoms with van der Waals surface area (Å²) in [5, 5.41) is 3.56. The maximum atomic E-state index is 11.7. The van der Waals surface area contributed by atoms with Gasteiger partial charge in [0.05, 0.1) is 12.6 Å². The van der Waals surface area contributed by atoms with E-state index in [9.17, 15) is 4.79 Å². The number of unbranched alkanes of at least 4 members (excludes halogenated alkanes) is 1. The molecule has 0 fully saturated rings. The van der Waals surface area contributed by atoms with Crippen LogP contribution in [0.3, 0.4) is 0 Å². The number of nitrogens with zero attached hydrogens (tertiary/aromatic N) is 2. The maximum absolute atomic E-state index is 11.7. The zero-order valence-corrected chi connectivity index (χ0v) is 16.4. The first-order chi connectivity index (χ1) is 13.2. The third-order valence-electron chi connectivity index (χ3n) is 5.23. The number of benzene rings is 1. The number of carbonyl (C=O) groups is 1. The Kier molecular flexibility index (Phi) is 6.91. The van der Waals surface area contributed by atoms with Crippen LogP contribution in [0.15, 0.2) is 35.8 Å². The Labute approximate surface area is 162 Å². The summed E-state index contributed by atoms with van der Waals surface area (Å²) in [4.78, 5) is 19.0. The first-order valence-corrected chi connectivity index (χ1v) is 10.2. The normalized spacial score (nSPS) is 17.4. The van der Waals surface area contributed by atoms with Crippen LogP contribution in [0.2, 0.25) is 0 Å². The van der Waals surface area contributed by atoms with Gasteiger partial charge in [0.15, 0.2) is 5.96 Å². The van der Waals surface area contributed by atoms with Gasteiger partial charge in [0, 0.05) is 30.8 Å². The second kappa shape index (κ2) is 9.58. The highest BCUT2D eigenvalue weighted by molar-refractivity contribution is 5.96. The van der Waals surface area contributed by atoms with Crippen LogP contribution in [0, 0.1) is 0 Å². The van der Waals surface area contributed by atoms with Crippen molar-refractivity contribution in [3.05, 3.63) is 42.0 Å². The predicted octanol–water partition coefficient (Wildman–Crippen LogP) is 4.46. The molecule has 0 saturated heterocycles. The monoisotopic (exact) mass is 369 g/mol. The molecule has 2 aliphatic rings. The first-order valence-electron chi connectivity index (χ1n) is 10.2. The van der Waals surface area contributed by atoms with Crippen LogP contribution in [0.5, 0.6) is 0 Å². The number of allylic oxidation sites excluding steroid dienone is 1. The number of hydrogen-bond acceptors (Lipinski definition) is 5. The van der Waals surface area contributed by atoms with Crippen molar-refractivity contribution in [1.82, 2.24) is 4.90 Å². The second-order valence-corrected chi connectivity index (χ2v) is 7.19. The SMILES string of the molecule is C=CCCCN(CCCC(=O)OCC)C1=NC2CCCc3cccc(c32)N1. The summed E-state index contributed by atoms with van der Waals surface area (Å²) >= 11 is 0. The molecule has 1 aliphatic heterocycles. The molecule has 1 heterocycles. The van der Waals surface area contributed by atoms with Crippen LogP contribution >= 0.6 is 0 Å². The van der Waals surface area contributed by atoms with E-state index >= 15 is 0 Å². The summed E-state index contributed by atoms with van der Waals surface area (Å²) in [7, 11) is 0. The minimum absolute atomic E-state index is 0.121. The van der Waals surface area contributed by atoms with Gasteiger partial charge in [0.1, 0.15) is 0 Å². The number of guanidine groups is 1. The molecule has 146 valence electrons. The van der Waals surface area contributed by atoms with Crippen molar-refractivity contribution in [2.24, 2.45) is 4.99 Å². The fourth-order valence-electron chi connectivity index (χ4n) is 3.95. The predicted molar refractivity (Wildman–Crippen MR) is 110 cm³/mol. The lowest BCUT2D eigenvalue weighted by molar-refractivity contribution is -0.143. The Balaban J connectivity index is 1.70. The quantitative estimate of drug-likeness (QED) is 0.397. The minimum Gasteiger partial charge on any atom is -0.466 e. The zero-order valence-electron chi connectivity index (χ0n) is 16.4. The maximum Gasteiger partial charge on any atom is 0.305 e. The van der Waals surface area contributed by atoms with E-state index in [4.69, 9.17) is 9.73 Å². The first kappa shape index (κ1) is 19.5. The number of hydrogen-bond donors (Lipinski definition) is 1.